The molecule has 2 aliphatic rings. The summed E-state index contributed by atoms with van der Waals surface area (Å²) >= 11 is 0. The highest BCUT2D eigenvalue weighted by Crippen LogP contribution is 2.33. The zero-order valence-corrected chi connectivity index (χ0v) is 13.2. The average molecular weight is 282 g/mol. The molecule has 20 heavy (non-hydrogen) atoms. The fraction of sp³-hybridized carbons (Fsp3) is 0.938. The Hall–Kier alpha value is -0.610. The number of hydrogen-bond acceptors (Lipinski definition) is 3. The van der Waals surface area contributed by atoms with E-state index >= 15 is 0 Å². The molecule has 2 fully saturated rings. The van der Waals surface area contributed by atoms with E-state index in [1.165, 1.54) is 0 Å². The highest BCUT2D eigenvalue weighted by molar-refractivity contribution is 5.78. The van der Waals surface area contributed by atoms with Crippen LogP contribution in [0.3, 0.4) is 0 Å². The highest BCUT2D eigenvalue weighted by Gasteiger charge is 2.35. The van der Waals surface area contributed by atoms with E-state index in [9.17, 15) is 4.79 Å². The highest BCUT2D eigenvalue weighted by atomic mass is 16.5. The van der Waals surface area contributed by atoms with Crippen LogP contribution >= 0.6 is 0 Å². The molecule has 4 nitrogen and oxygen atoms in total. The van der Waals surface area contributed by atoms with Crippen molar-refractivity contribution in [3.63, 3.8) is 0 Å². The molecule has 0 aromatic heterocycles. The van der Waals surface area contributed by atoms with Crippen molar-refractivity contribution >= 4 is 5.91 Å². The van der Waals surface area contributed by atoms with Crippen LogP contribution in [0.5, 0.6) is 0 Å². The van der Waals surface area contributed by atoms with E-state index in [2.05, 4.69) is 31.4 Å². The SMILES string of the molecule is CC(C)(C)[C@@H]1OCCC[C@@H]1CNC(=O)[C@@H]1CCCNC1. The summed E-state index contributed by atoms with van der Waals surface area (Å²) in [5.41, 5.74) is 0.141. The molecule has 0 aromatic carbocycles. The molecular weight excluding hydrogens is 252 g/mol. The van der Waals surface area contributed by atoms with Crippen molar-refractivity contribution in [3.05, 3.63) is 0 Å². The minimum Gasteiger partial charge on any atom is -0.377 e. The molecule has 1 amide bonds. The van der Waals surface area contributed by atoms with Crippen LogP contribution in [0.25, 0.3) is 0 Å². The van der Waals surface area contributed by atoms with Crippen molar-refractivity contribution in [1.82, 2.24) is 10.6 Å². The van der Waals surface area contributed by atoms with E-state index < -0.39 is 0 Å². The number of amides is 1. The molecule has 2 saturated heterocycles. The van der Waals surface area contributed by atoms with Crippen LogP contribution in [-0.4, -0.2) is 38.3 Å². The molecule has 0 spiro atoms. The van der Waals surface area contributed by atoms with Crippen molar-refractivity contribution in [2.45, 2.75) is 52.6 Å². The van der Waals surface area contributed by atoms with Crippen molar-refractivity contribution in [3.8, 4) is 0 Å². The molecule has 3 atom stereocenters. The average Bonchev–Trinajstić information content (AvgIpc) is 2.45. The Labute approximate surface area is 123 Å². The van der Waals surface area contributed by atoms with Gasteiger partial charge in [0.25, 0.3) is 0 Å². The van der Waals surface area contributed by atoms with Crippen LogP contribution in [0.1, 0.15) is 46.5 Å². The van der Waals surface area contributed by atoms with Gasteiger partial charge in [-0.2, -0.15) is 0 Å². The monoisotopic (exact) mass is 282 g/mol. The fourth-order valence-corrected chi connectivity index (χ4v) is 3.46. The minimum absolute atomic E-state index is 0.141. The Bertz CT molecular complexity index is 319. The molecule has 0 saturated carbocycles. The number of piperidine rings is 1. The molecular formula is C16H30N2O2. The van der Waals surface area contributed by atoms with Gasteiger partial charge in [0.15, 0.2) is 0 Å². The largest absolute Gasteiger partial charge is 0.377 e. The van der Waals surface area contributed by atoms with E-state index in [1.807, 2.05) is 0 Å². The third-order valence-electron chi connectivity index (χ3n) is 4.50. The third kappa shape index (κ3) is 4.19. The van der Waals surface area contributed by atoms with Gasteiger partial charge in [-0.1, -0.05) is 20.8 Å². The van der Waals surface area contributed by atoms with Gasteiger partial charge in [-0.25, -0.2) is 0 Å². The number of carbonyl (C=O) groups excluding carboxylic acids is 1. The Morgan fingerprint density at radius 2 is 2.10 bits per heavy atom. The summed E-state index contributed by atoms with van der Waals surface area (Å²) < 4.78 is 5.97. The normalized spacial score (nSPS) is 31.9. The smallest absolute Gasteiger partial charge is 0.224 e. The molecule has 0 aromatic rings. The zero-order chi connectivity index (χ0) is 14.6. The predicted molar refractivity (Wildman–Crippen MR) is 80.5 cm³/mol. The first-order chi connectivity index (χ1) is 9.48. The number of rotatable bonds is 3. The topological polar surface area (TPSA) is 50.4 Å². The van der Waals surface area contributed by atoms with Gasteiger partial charge in [-0.15, -0.1) is 0 Å². The van der Waals surface area contributed by atoms with E-state index in [0.29, 0.717) is 5.92 Å². The first-order valence-electron chi connectivity index (χ1n) is 8.08. The second kappa shape index (κ2) is 6.90. The Balaban J connectivity index is 1.83. The second-order valence-electron chi connectivity index (χ2n) is 7.35. The van der Waals surface area contributed by atoms with Crippen molar-refractivity contribution in [1.29, 1.82) is 0 Å². The maximum atomic E-state index is 12.2. The molecule has 0 bridgehead atoms. The van der Waals surface area contributed by atoms with Gasteiger partial charge in [0.05, 0.1) is 12.0 Å². The molecule has 116 valence electrons. The summed E-state index contributed by atoms with van der Waals surface area (Å²) in [4.78, 5) is 12.2. The van der Waals surface area contributed by atoms with Crippen LogP contribution in [-0.2, 0) is 9.53 Å². The van der Waals surface area contributed by atoms with Crippen molar-refractivity contribution < 1.29 is 9.53 Å². The molecule has 0 aliphatic carbocycles. The summed E-state index contributed by atoms with van der Waals surface area (Å²) in [6, 6.07) is 0. The lowest BCUT2D eigenvalue weighted by Crippen LogP contribution is -2.47. The van der Waals surface area contributed by atoms with E-state index in [1.54, 1.807) is 0 Å². The lowest BCUT2D eigenvalue weighted by atomic mass is 9.78. The first kappa shape index (κ1) is 15.8. The third-order valence-corrected chi connectivity index (χ3v) is 4.50. The van der Waals surface area contributed by atoms with Crippen molar-refractivity contribution in [2.75, 3.05) is 26.2 Å². The molecule has 0 radical (unpaired) electrons. The molecule has 2 rings (SSSR count). The van der Waals surface area contributed by atoms with E-state index in [0.717, 1.165) is 51.9 Å². The van der Waals surface area contributed by atoms with Crippen LogP contribution in [0, 0.1) is 17.3 Å². The standard InChI is InChI=1S/C16H30N2O2/c1-16(2,3)14-12(7-5-9-20-14)11-18-15(19)13-6-4-8-17-10-13/h12-14,17H,4-11H2,1-3H3,(H,18,19)/t12-,13-,14-/m1/s1. The predicted octanol–water partition coefficient (Wildman–Crippen LogP) is 1.94. The number of ether oxygens (including phenoxy) is 1. The fourth-order valence-electron chi connectivity index (χ4n) is 3.46. The van der Waals surface area contributed by atoms with E-state index in [4.69, 9.17) is 4.74 Å². The number of nitrogens with one attached hydrogen (secondary N) is 2. The van der Waals surface area contributed by atoms with Crippen LogP contribution in [0.4, 0.5) is 0 Å². The van der Waals surface area contributed by atoms with Gasteiger partial charge in [0.2, 0.25) is 5.91 Å². The van der Waals surface area contributed by atoms with Crippen LogP contribution in [0.15, 0.2) is 0 Å². The van der Waals surface area contributed by atoms with Gasteiger partial charge < -0.3 is 15.4 Å². The Morgan fingerprint density at radius 1 is 1.30 bits per heavy atom. The second-order valence-corrected chi connectivity index (χ2v) is 7.35. The van der Waals surface area contributed by atoms with Crippen molar-refractivity contribution in [2.24, 2.45) is 17.3 Å². The summed E-state index contributed by atoms with van der Waals surface area (Å²) in [7, 11) is 0. The lowest BCUT2D eigenvalue weighted by molar-refractivity contribution is -0.127. The maximum Gasteiger partial charge on any atom is 0.224 e. The molecule has 2 N–H and O–H groups in total. The minimum atomic E-state index is 0.141. The number of carbonyl (C=O) groups is 1. The molecule has 0 unspecified atom stereocenters. The summed E-state index contributed by atoms with van der Waals surface area (Å²) in [6.07, 6.45) is 4.64. The molecule has 4 heteroatoms. The molecule has 2 aliphatic heterocycles. The molecule has 2 heterocycles. The van der Waals surface area contributed by atoms with E-state index in [-0.39, 0.29) is 23.3 Å². The quantitative estimate of drug-likeness (QED) is 0.832. The summed E-state index contributed by atoms with van der Waals surface area (Å²) in [5.74, 6) is 0.820. The Kier molecular flexibility index (Phi) is 5.44. The van der Waals surface area contributed by atoms with Crippen LogP contribution in [0.2, 0.25) is 0 Å². The Morgan fingerprint density at radius 3 is 2.75 bits per heavy atom. The van der Waals surface area contributed by atoms with Crippen LogP contribution < -0.4 is 10.6 Å². The maximum absolute atomic E-state index is 12.2. The summed E-state index contributed by atoms with van der Waals surface area (Å²) in [6.45, 7) is 10.2. The van der Waals surface area contributed by atoms with Gasteiger partial charge in [0, 0.05) is 25.6 Å². The first-order valence-corrected chi connectivity index (χ1v) is 8.08. The summed E-state index contributed by atoms with van der Waals surface area (Å²) in [5, 5.41) is 6.47. The van der Waals surface area contributed by atoms with Gasteiger partial charge in [0.1, 0.15) is 0 Å². The van der Waals surface area contributed by atoms with Gasteiger partial charge in [-0.3, -0.25) is 4.79 Å². The van der Waals surface area contributed by atoms with Gasteiger partial charge in [-0.05, 0) is 37.6 Å². The van der Waals surface area contributed by atoms with Gasteiger partial charge >= 0.3 is 0 Å². The zero-order valence-electron chi connectivity index (χ0n) is 13.2. The lowest BCUT2D eigenvalue weighted by Gasteiger charge is -2.40. The number of hydrogen-bond donors (Lipinski definition) is 2.